The standard InChI is InChI=1S/C19H20FNO2/c1-14(23-17-5-3-2-4-6-17)18(22)21-13-19(11-12-19)15-7-9-16(20)10-8-15/h2-10,14H,11-13H2,1H3,(H,21,22). The molecule has 1 unspecified atom stereocenters. The first kappa shape index (κ1) is 15.5. The van der Waals surface area contributed by atoms with Crippen molar-refractivity contribution in [2.45, 2.75) is 31.3 Å². The minimum absolute atomic E-state index is 0.0458. The van der Waals surface area contributed by atoms with Crippen LogP contribution < -0.4 is 10.1 Å². The average Bonchev–Trinajstić information content (AvgIpc) is 3.35. The number of halogens is 1. The third-order valence-electron chi connectivity index (χ3n) is 4.34. The second-order valence-electron chi connectivity index (χ2n) is 6.08. The number of carbonyl (C=O) groups is 1. The van der Waals surface area contributed by atoms with Crippen LogP contribution in [0.3, 0.4) is 0 Å². The normalized spacial score (nSPS) is 16.4. The lowest BCUT2D eigenvalue weighted by Crippen LogP contribution is -2.40. The van der Waals surface area contributed by atoms with Crippen molar-refractivity contribution < 1.29 is 13.9 Å². The SMILES string of the molecule is CC(Oc1ccccc1)C(=O)NCC1(c2ccc(F)cc2)CC1. The lowest BCUT2D eigenvalue weighted by atomic mass is 9.96. The molecule has 23 heavy (non-hydrogen) atoms. The van der Waals surface area contributed by atoms with E-state index in [0.29, 0.717) is 12.3 Å². The topological polar surface area (TPSA) is 38.3 Å². The van der Waals surface area contributed by atoms with Gasteiger partial charge in [0.25, 0.3) is 5.91 Å². The van der Waals surface area contributed by atoms with Crippen molar-refractivity contribution >= 4 is 5.91 Å². The minimum atomic E-state index is -0.554. The molecule has 4 heteroatoms. The van der Waals surface area contributed by atoms with Gasteiger partial charge in [0, 0.05) is 12.0 Å². The molecule has 2 aromatic carbocycles. The number of hydrogen-bond acceptors (Lipinski definition) is 2. The molecule has 0 radical (unpaired) electrons. The van der Waals surface area contributed by atoms with Crippen LogP contribution in [-0.2, 0) is 10.2 Å². The van der Waals surface area contributed by atoms with Gasteiger partial charge in [0.1, 0.15) is 11.6 Å². The van der Waals surface area contributed by atoms with E-state index >= 15 is 0 Å². The third-order valence-corrected chi connectivity index (χ3v) is 4.34. The summed E-state index contributed by atoms with van der Waals surface area (Å²) in [6.45, 7) is 2.29. The van der Waals surface area contributed by atoms with Crippen LogP contribution in [0.1, 0.15) is 25.3 Å². The number of ether oxygens (including phenoxy) is 1. The second kappa shape index (κ2) is 6.41. The molecule has 0 aliphatic heterocycles. The second-order valence-corrected chi connectivity index (χ2v) is 6.08. The molecule has 1 atom stereocenters. The zero-order valence-corrected chi connectivity index (χ0v) is 13.1. The molecule has 1 aliphatic carbocycles. The summed E-state index contributed by atoms with van der Waals surface area (Å²) >= 11 is 0. The Labute approximate surface area is 135 Å². The van der Waals surface area contributed by atoms with Gasteiger partial charge in [0.15, 0.2) is 6.10 Å². The van der Waals surface area contributed by atoms with Crippen LogP contribution in [0.2, 0.25) is 0 Å². The molecule has 0 bridgehead atoms. The first-order valence-corrected chi connectivity index (χ1v) is 7.85. The summed E-state index contributed by atoms with van der Waals surface area (Å²) in [4.78, 5) is 12.2. The summed E-state index contributed by atoms with van der Waals surface area (Å²) < 4.78 is 18.7. The zero-order chi connectivity index (χ0) is 16.3. The van der Waals surface area contributed by atoms with Gasteiger partial charge in [-0.2, -0.15) is 0 Å². The summed E-state index contributed by atoms with van der Waals surface area (Å²) in [5, 5.41) is 2.96. The van der Waals surface area contributed by atoms with E-state index < -0.39 is 6.10 Å². The number of amides is 1. The van der Waals surface area contributed by atoms with Gasteiger partial charge >= 0.3 is 0 Å². The molecule has 0 heterocycles. The van der Waals surface area contributed by atoms with Crippen molar-refractivity contribution in [3.8, 4) is 5.75 Å². The van der Waals surface area contributed by atoms with Crippen LogP contribution in [0, 0.1) is 5.82 Å². The van der Waals surface area contributed by atoms with E-state index in [1.54, 1.807) is 19.1 Å². The quantitative estimate of drug-likeness (QED) is 0.887. The van der Waals surface area contributed by atoms with Crippen molar-refractivity contribution in [1.29, 1.82) is 0 Å². The highest BCUT2D eigenvalue weighted by Gasteiger charge is 2.44. The Bertz CT molecular complexity index is 666. The maximum Gasteiger partial charge on any atom is 0.260 e. The smallest absolute Gasteiger partial charge is 0.260 e. The molecule has 0 aromatic heterocycles. The van der Waals surface area contributed by atoms with Crippen LogP contribution in [0.5, 0.6) is 5.75 Å². The number of rotatable bonds is 6. The number of carbonyl (C=O) groups excluding carboxylic acids is 1. The lowest BCUT2D eigenvalue weighted by Gasteiger charge is -2.19. The molecule has 120 valence electrons. The van der Waals surface area contributed by atoms with Gasteiger partial charge in [0.05, 0.1) is 0 Å². The molecule has 1 N–H and O–H groups in total. The third kappa shape index (κ3) is 3.70. The van der Waals surface area contributed by atoms with E-state index in [2.05, 4.69) is 5.32 Å². The van der Waals surface area contributed by atoms with Crippen LogP contribution >= 0.6 is 0 Å². The van der Waals surface area contributed by atoms with Gasteiger partial charge in [-0.3, -0.25) is 4.79 Å². The molecule has 1 amide bonds. The molecule has 1 aliphatic rings. The Balaban J connectivity index is 1.55. The average molecular weight is 313 g/mol. The van der Waals surface area contributed by atoms with Gasteiger partial charge < -0.3 is 10.1 Å². The van der Waals surface area contributed by atoms with Crippen molar-refractivity contribution in [3.05, 3.63) is 66.0 Å². The summed E-state index contributed by atoms with van der Waals surface area (Å²) in [5.74, 6) is 0.301. The maximum absolute atomic E-state index is 13.0. The highest BCUT2D eigenvalue weighted by Crippen LogP contribution is 2.47. The van der Waals surface area contributed by atoms with E-state index in [4.69, 9.17) is 4.74 Å². The number of benzene rings is 2. The molecular weight excluding hydrogens is 293 g/mol. The predicted octanol–water partition coefficient (Wildman–Crippen LogP) is 3.44. The van der Waals surface area contributed by atoms with E-state index in [-0.39, 0.29) is 17.1 Å². The van der Waals surface area contributed by atoms with Crippen LogP contribution in [0.15, 0.2) is 54.6 Å². The van der Waals surface area contributed by atoms with E-state index in [0.717, 1.165) is 18.4 Å². The predicted molar refractivity (Wildman–Crippen MR) is 86.9 cm³/mol. The van der Waals surface area contributed by atoms with Gasteiger partial charge in [-0.1, -0.05) is 30.3 Å². The van der Waals surface area contributed by atoms with Crippen molar-refractivity contribution in [1.82, 2.24) is 5.32 Å². The molecular formula is C19H20FNO2. The zero-order valence-electron chi connectivity index (χ0n) is 13.1. The minimum Gasteiger partial charge on any atom is -0.481 e. The fourth-order valence-electron chi connectivity index (χ4n) is 2.68. The number of para-hydroxylation sites is 1. The fourth-order valence-corrected chi connectivity index (χ4v) is 2.68. The van der Waals surface area contributed by atoms with Crippen LogP contribution in [-0.4, -0.2) is 18.6 Å². The first-order valence-electron chi connectivity index (χ1n) is 7.85. The Morgan fingerprint density at radius 1 is 1.17 bits per heavy atom. The first-order chi connectivity index (χ1) is 11.1. The lowest BCUT2D eigenvalue weighted by molar-refractivity contribution is -0.127. The summed E-state index contributed by atoms with van der Waals surface area (Å²) in [6, 6.07) is 15.8. The Kier molecular flexibility index (Phi) is 4.33. The Morgan fingerprint density at radius 2 is 1.83 bits per heavy atom. The molecule has 1 saturated carbocycles. The van der Waals surface area contributed by atoms with E-state index in [1.165, 1.54) is 12.1 Å². The van der Waals surface area contributed by atoms with E-state index in [1.807, 2.05) is 30.3 Å². The molecule has 3 nitrogen and oxygen atoms in total. The molecule has 3 rings (SSSR count). The van der Waals surface area contributed by atoms with E-state index in [9.17, 15) is 9.18 Å². The molecule has 1 fully saturated rings. The van der Waals surface area contributed by atoms with Crippen LogP contribution in [0.25, 0.3) is 0 Å². The monoisotopic (exact) mass is 313 g/mol. The highest BCUT2D eigenvalue weighted by atomic mass is 19.1. The highest BCUT2D eigenvalue weighted by molar-refractivity contribution is 5.80. The van der Waals surface area contributed by atoms with Crippen molar-refractivity contribution in [2.75, 3.05) is 6.54 Å². The molecule has 0 saturated heterocycles. The Hall–Kier alpha value is -2.36. The molecule has 2 aromatic rings. The van der Waals surface area contributed by atoms with Gasteiger partial charge in [-0.25, -0.2) is 4.39 Å². The fraction of sp³-hybridized carbons (Fsp3) is 0.316. The van der Waals surface area contributed by atoms with Crippen molar-refractivity contribution in [2.24, 2.45) is 0 Å². The van der Waals surface area contributed by atoms with Gasteiger partial charge in [0.2, 0.25) is 0 Å². The van der Waals surface area contributed by atoms with Gasteiger partial charge in [-0.05, 0) is 49.6 Å². The number of hydrogen-bond donors (Lipinski definition) is 1. The summed E-state index contributed by atoms with van der Waals surface area (Å²) in [6.07, 6.45) is 1.46. The van der Waals surface area contributed by atoms with Gasteiger partial charge in [-0.15, -0.1) is 0 Å². The maximum atomic E-state index is 13.0. The van der Waals surface area contributed by atoms with Crippen molar-refractivity contribution in [3.63, 3.8) is 0 Å². The molecule has 0 spiro atoms. The summed E-state index contributed by atoms with van der Waals surface area (Å²) in [5.41, 5.74) is 1.03. The summed E-state index contributed by atoms with van der Waals surface area (Å²) in [7, 11) is 0. The Morgan fingerprint density at radius 3 is 2.43 bits per heavy atom. The largest absolute Gasteiger partial charge is 0.481 e. The van der Waals surface area contributed by atoms with Crippen LogP contribution in [0.4, 0.5) is 4.39 Å². The number of nitrogens with one attached hydrogen (secondary N) is 1.